The highest BCUT2D eigenvalue weighted by atomic mass is 35.5. The Morgan fingerprint density at radius 1 is 1.09 bits per heavy atom. The second kappa shape index (κ2) is 10.5. The summed E-state index contributed by atoms with van der Waals surface area (Å²) in [6.07, 6.45) is 1.17. The van der Waals surface area contributed by atoms with E-state index >= 15 is 0 Å². The maximum atomic E-state index is 14.0. The zero-order valence-corrected chi connectivity index (χ0v) is 18.2. The molecule has 0 bridgehead atoms. The Morgan fingerprint density at radius 2 is 1.85 bits per heavy atom. The molecule has 2 N–H and O–H groups in total. The molecular weight excluding hydrogens is 472 g/mol. The molecular formula is C23H16ClF2N3O5. The molecule has 174 valence electrons. The molecule has 3 aromatic rings. The molecule has 0 unspecified atom stereocenters. The number of non-ortho nitro benzene ring substituents is 1. The van der Waals surface area contributed by atoms with E-state index in [9.17, 15) is 28.5 Å². The molecule has 8 nitrogen and oxygen atoms in total. The van der Waals surface area contributed by atoms with E-state index in [0.29, 0.717) is 6.07 Å². The van der Waals surface area contributed by atoms with Crippen molar-refractivity contribution in [3.8, 4) is 5.75 Å². The van der Waals surface area contributed by atoms with Crippen LogP contribution in [0.4, 0.5) is 20.2 Å². The molecule has 0 aliphatic carbocycles. The molecule has 3 rings (SSSR count). The zero-order valence-electron chi connectivity index (χ0n) is 17.5. The quantitative estimate of drug-likeness (QED) is 0.278. The van der Waals surface area contributed by atoms with Crippen LogP contribution in [-0.2, 0) is 4.79 Å². The minimum Gasteiger partial charge on any atom is -0.496 e. The van der Waals surface area contributed by atoms with Gasteiger partial charge in [0.2, 0.25) is 0 Å². The van der Waals surface area contributed by atoms with E-state index in [2.05, 4.69) is 10.6 Å². The van der Waals surface area contributed by atoms with E-state index in [0.717, 1.165) is 12.1 Å². The fourth-order valence-corrected chi connectivity index (χ4v) is 3.05. The third-order valence-electron chi connectivity index (χ3n) is 4.47. The molecule has 0 aliphatic rings. The molecule has 2 amide bonds. The molecule has 3 aromatic carbocycles. The summed E-state index contributed by atoms with van der Waals surface area (Å²) in [6.45, 7) is 0. The summed E-state index contributed by atoms with van der Waals surface area (Å²) in [5.41, 5.74) is -0.763. The number of methoxy groups -OCH3 is 1. The van der Waals surface area contributed by atoms with Gasteiger partial charge in [-0.15, -0.1) is 0 Å². The topological polar surface area (TPSA) is 111 Å². The van der Waals surface area contributed by atoms with Crippen molar-refractivity contribution in [2.24, 2.45) is 0 Å². The van der Waals surface area contributed by atoms with E-state index in [-0.39, 0.29) is 39.0 Å². The number of nitro benzene ring substituents is 1. The molecule has 11 heteroatoms. The lowest BCUT2D eigenvalue weighted by atomic mass is 10.1. The minimum atomic E-state index is -1.04. The summed E-state index contributed by atoms with van der Waals surface area (Å²) >= 11 is 5.97. The van der Waals surface area contributed by atoms with Crippen molar-refractivity contribution in [3.63, 3.8) is 0 Å². The van der Waals surface area contributed by atoms with Crippen LogP contribution in [-0.4, -0.2) is 23.8 Å². The lowest BCUT2D eigenvalue weighted by molar-refractivity contribution is -0.384. The Hall–Kier alpha value is -4.31. The number of ether oxygens (including phenoxy) is 1. The minimum absolute atomic E-state index is 0.000653. The van der Waals surface area contributed by atoms with Gasteiger partial charge in [-0.1, -0.05) is 23.7 Å². The molecule has 0 saturated heterocycles. The van der Waals surface area contributed by atoms with Crippen molar-refractivity contribution in [1.82, 2.24) is 5.32 Å². The van der Waals surface area contributed by atoms with Crippen molar-refractivity contribution < 1.29 is 28.0 Å². The highest BCUT2D eigenvalue weighted by Crippen LogP contribution is 2.24. The number of halogens is 3. The summed E-state index contributed by atoms with van der Waals surface area (Å²) in [6, 6.07) is 12.1. The predicted octanol–water partition coefficient (Wildman–Crippen LogP) is 4.94. The van der Waals surface area contributed by atoms with Gasteiger partial charge in [-0.05, 0) is 42.0 Å². The highest BCUT2D eigenvalue weighted by molar-refractivity contribution is 6.31. The molecule has 0 aromatic heterocycles. The van der Waals surface area contributed by atoms with E-state index in [1.807, 2.05) is 0 Å². The van der Waals surface area contributed by atoms with Crippen molar-refractivity contribution >= 4 is 40.9 Å². The lowest BCUT2D eigenvalue weighted by Crippen LogP contribution is -2.31. The number of anilines is 1. The fourth-order valence-electron chi connectivity index (χ4n) is 2.88. The number of nitrogens with zero attached hydrogens (tertiary/aromatic N) is 1. The average Bonchev–Trinajstić information content (AvgIpc) is 2.80. The van der Waals surface area contributed by atoms with Gasteiger partial charge in [-0.2, -0.15) is 0 Å². The SMILES string of the molecule is COc1ccc(Cl)cc1C(=O)N/C(=C\c1cccc([N+](=O)[O-])c1)C(=O)Nc1ccc(F)cc1F. The van der Waals surface area contributed by atoms with Gasteiger partial charge in [0.25, 0.3) is 17.5 Å². The van der Waals surface area contributed by atoms with Crippen LogP contribution in [0.1, 0.15) is 15.9 Å². The lowest BCUT2D eigenvalue weighted by Gasteiger charge is -2.13. The number of nitro groups is 1. The van der Waals surface area contributed by atoms with E-state index in [1.165, 1.54) is 55.7 Å². The highest BCUT2D eigenvalue weighted by Gasteiger charge is 2.20. The second-order valence-corrected chi connectivity index (χ2v) is 7.22. The van der Waals surface area contributed by atoms with Crippen molar-refractivity contribution in [3.05, 3.63) is 104 Å². The van der Waals surface area contributed by atoms with Crippen LogP contribution < -0.4 is 15.4 Å². The average molecular weight is 488 g/mol. The van der Waals surface area contributed by atoms with Crippen LogP contribution in [0.15, 0.2) is 66.4 Å². The first-order valence-corrected chi connectivity index (χ1v) is 9.93. The monoisotopic (exact) mass is 487 g/mol. The Kier molecular flexibility index (Phi) is 7.54. The summed E-state index contributed by atoms with van der Waals surface area (Å²) in [7, 11) is 1.34. The van der Waals surface area contributed by atoms with Gasteiger partial charge in [-0.3, -0.25) is 19.7 Å². The second-order valence-electron chi connectivity index (χ2n) is 6.79. The largest absolute Gasteiger partial charge is 0.496 e. The first-order valence-electron chi connectivity index (χ1n) is 9.55. The van der Waals surface area contributed by atoms with Crippen LogP contribution in [0.3, 0.4) is 0 Å². The van der Waals surface area contributed by atoms with Gasteiger partial charge in [0, 0.05) is 23.2 Å². The van der Waals surface area contributed by atoms with Crippen molar-refractivity contribution in [1.29, 1.82) is 0 Å². The van der Waals surface area contributed by atoms with Gasteiger partial charge in [0.1, 0.15) is 23.1 Å². The summed E-state index contributed by atoms with van der Waals surface area (Å²) in [5.74, 6) is -3.46. The predicted molar refractivity (Wildman–Crippen MR) is 122 cm³/mol. The Balaban J connectivity index is 2.00. The van der Waals surface area contributed by atoms with Gasteiger partial charge >= 0.3 is 0 Å². The number of hydrogen-bond acceptors (Lipinski definition) is 5. The van der Waals surface area contributed by atoms with Crippen molar-refractivity contribution in [2.45, 2.75) is 0 Å². The number of rotatable bonds is 7. The summed E-state index contributed by atoms with van der Waals surface area (Å²) in [4.78, 5) is 36.3. The van der Waals surface area contributed by atoms with E-state index in [1.54, 1.807) is 0 Å². The number of carbonyl (C=O) groups is 2. The zero-order chi connectivity index (χ0) is 24.8. The molecule has 0 fully saturated rings. The first kappa shape index (κ1) is 24.3. The van der Waals surface area contributed by atoms with E-state index < -0.39 is 28.4 Å². The molecule has 0 aliphatic heterocycles. The van der Waals surface area contributed by atoms with Gasteiger partial charge in [0.15, 0.2) is 0 Å². The molecule has 0 spiro atoms. The fraction of sp³-hybridized carbons (Fsp3) is 0.0435. The Labute approximate surface area is 197 Å². The normalized spacial score (nSPS) is 11.0. The van der Waals surface area contributed by atoms with Crippen LogP contribution >= 0.6 is 11.6 Å². The number of nitrogens with one attached hydrogen (secondary N) is 2. The molecule has 0 heterocycles. The molecule has 0 atom stereocenters. The number of hydrogen-bond donors (Lipinski definition) is 2. The summed E-state index contributed by atoms with van der Waals surface area (Å²) in [5, 5.41) is 15.9. The van der Waals surface area contributed by atoms with Crippen LogP contribution in [0.2, 0.25) is 5.02 Å². The number of amides is 2. The summed E-state index contributed by atoms with van der Waals surface area (Å²) < 4.78 is 32.4. The Morgan fingerprint density at radius 3 is 2.53 bits per heavy atom. The van der Waals surface area contributed by atoms with Gasteiger partial charge < -0.3 is 15.4 Å². The maximum Gasteiger partial charge on any atom is 0.272 e. The van der Waals surface area contributed by atoms with E-state index in [4.69, 9.17) is 16.3 Å². The third-order valence-corrected chi connectivity index (χ3v) is 4.71. The first-order chi connectivity index (χ1) is 16.2. The Bertz CT molecular complexity index is 1310. The molecule has 0 radical (unpaired) electrons. The van der Waals surface area contributed by atoms with Gasteiger partial charge in [-0.25, -0.2) is 8.78 Å². The van der Waals surface area contributed by atoms with Crippen LogP contribution in [0.5, 0.6) is 5.75 Å². The number of benzene rings is 3. The molecule has 34 heavy (non-hydrogen) atoms. The van der Waals surface area contributed by atoms with Gasteiger partial charge in [0.05, 0.1) is 23.3 Å². The molecule has 0 saturated carbocycles. The van der Waals surface area contributed by atoms with Crippen LogP contribution in [0.25, 0.3) is 6.08 Å². The number of carbonyl (C=O) groups excluding carboxylic acids is 2. The van der Waals surface area contributed by atoms with Crippen LogP contribution in [0, 0.1) is 21.7 Å². The van der Waals surface area contributed by atoms with Crippen molar-refractivity contribution in [2.75, 3.05) is 12.4 Å². The third kappa shape index (κ3) is 5.93. The smallest absolute Gasteiger partial charge is 0.272 e. The standard InChI is InChI=1S/C23H16ClF2N3O5/c1-34-21-8-5-14(24)11-17(21)22(30)28-20(10-13-3-2-4-16(9-13)29(32)33)23(31)27-19-7-6-15(25)12-18(19)26/h2-12H,1H3,(H,27,31)(H,28,30)/b20-10-. The maximum absolute atomic E-state index is 14.0.